The first-order valence-electron chi connectivity index (χ1n) is 1.68. The Kier molecular flexibility index (Phi) is 2.60. The molecule has 0 aliphatic heterocycles. The quantitative estimate of drug-likeness (QED) is 0.532. The van der Waals surface area contributed by atoms with Crippen LogP contribution in [-0.4, -0.2) is 9.59 Å². The van der Waals surface area contributed by atoms with Crippen LogP contribution in [0.4, 0.5) is 0 Å². The lowest BCUT2D eigenvalue weighted by molar-refractivity contribution is 0.766. The van der Waals surface area contributed by atoms with Gasteiger partial charge in [-0.3, -0.25) is 0 Å². The lowest BCUT2D eigenvalue weighted by Crippen LogP contribution is -1.66. The van der Waals surface area contributed by atoms with E-state index in [2.05, 4.69) is 26.1 Å². The van der Waals surface area contributed by atoms with Gasteiger partial charge in [-0.2, -0.15) is 0 Å². The molecule has 0 aliphatic rings. The Morgan fingerprint density at radius 1 is 1.88 bits per heavy atom. The average molecular weight is 166 g/mol. The summed E-state index contributed by atoms with van der Waals surface area (Å²) in [4.78, 5) is 0. The van der Waals surface area contributed by atoms with Gasteiger partial charge in [0.05, 0.1) is 12.0 Å². The molecule has 0 spiro atoms. The van der Waals surface area contributed by atoms with Crippen LogP contribution in [0.15, 0.2) is 10.4 Å². The highest BCUT2D eigenvalue weighted by molar-refractivity contribution is 8.01. The second kappa shape index (κ2) is 3.29. The van der Waals surface area contributed by atoms with E-state index in [1.807, 2.05) is 0 Å². The molecule has 0 N–H and O–H groups in total. The van der Waals surface area contributed by atoms with Gasteiger partial charge in [0.15, 0.2) is 5.03 Å². The maximum atomic E-state index is 4.40. The van der Waals surface area contributed by atoms with E-state index in [1.165, 1.54) is 11.5 Å². The molecular formula is C2H2N2OS3. The minimum atomic E-state index is 0.741. The van der Waals surface area contributed by atoms with Crippen molar-refractivity contribution in [3.05, 3.63) is 5.38 Å². The van der Waals surface area contributed by atoms with Crippen LogP contribution in [0, 0.1) is 0 Å². The maximum Gasteiger partial charge on any atom is 0.160 e. The molecule has 0 radical (unpaired) electrons. The molecule has 0 unspecified atom stereocenters. The van der Waals surface area contributed by atoms with Crippen molar-refractivity contribution >= 4 is 36.5 Å². The molecular weight excluding hydrogens is 164 g/mol. The van der Waals surface area contributed by atoms with Crippen LogP contribution < -0.4 is 0 Å². The molecule has 1 aromatic rings. The van der Waals surface area contributed by atoms with Crippen molar-refractivity contribution in [2.45, 2.75) is 5.03 Å². The number of thiol groups is 1. The van der Waals surface area contributed by atoms with Crippen molar-refractivity contribution in [2.75, 3.05) is 0 Å². The fourth-order valence-electron chi connectivity index (χ4n) is 0.231. The van der Waals surface area contributed by atoms with Crippen LogP contribution in [0.2, 0.25) is 0 Å². The monoisotopic (exact) mass is 166 g/mol. The normalized spacial score (nSPS) is 9.62. The first-order valence-corrected chi connectivity index (χ1v) is 3.63. The first-order chi connectivity index (χ1) is 3.93. The third-order valence-corrected chi connectivity index (χ3v) is 1.78. The zero-order chi connectivity index (χ0) is 5.82. The molecule has 44 valence electrons. The van der Waals surface area contributed by atoms with Crippen LogP contribution in [0.1, 0.15) is 0 Å². The molecule has 0 bridgehead atoms. The van der Waals surface area contributed by atoms with Gasteiger partial charge in [0, 0.05) is 5.38 Å². The molecule has 1 rings (SSSR count). The fraction of sp³-hybridized carbons (Fsp3) is 0. The second-order valence-electron chi connectivity index (χ2n) is 0.901. The lowest BCUT2D eigenvalue weighted by Gasteiger charge is -1.82. The highest BCUT2D eigenvalue weighted by Crippen LogP contribution is 2.17. The summed E-state index contributed by atoms with van der Waals surface area (Å²) in [6.07, 6.45) is 0. The van der Waals surface area contributed by atoms with E-state index in [9.17, 15) is 0 Å². The van der Waals surface area contributed by atoms with Crippen LogP contribution in [0.3, 0.4) is 0 Å². The van der Waals surface area contributed by atoms with Crippen molar-refractivity contribution in [3.8, 4) is 0 Å². The number of hydrogen-bond acceptors (Lipinski definition) is 6. The zero-order valence-corrected chi connectivity index (χ0v) is 6.17. The van der Waals surface area contributed by atoms with Crippen molar-refractivity contribution in [3.63, 3.8) is 0 Å². The Labute approximate surface area is 60.4 Å². The SMILES string of the molecule is SOSc1csnn1. The molecule has 0 amide bonds. The van der Waals surface area contributed by atoms with Crippen molar-refractivity contribution < 1.29 is 3.63 Å². The van der Waals surface area contributed by atoms with Gasteiger partial charge in [0.25, 0.3) is 0 Å². The fourth-order valence-corrected chi connectivity index (χ4v) is 1.27. The number of aromatic nitrogens is 2. The van der Waals surface area contributed by atoms with E-state index >= 15 is 0 Å². The number of hydrogen-bond donors (Lipinski definition) is 1. The molecule has 6 heteroatoms. The van der Waals surface area contributed by atoms with E-state index in [4.69, 9.17) is 0 Å². The van der Waals surface area contributed by atoms with Gasteiger partial charge >= 0.3 is 0 Å². The molecule has 1 heterocycles. The van der Waals surface area contributed by atoms with Gasteiger partial charge in [-0.25, -0.2) is 3.63 Å². The van der Waals surface area contributed by atoms with E-state index < -0.39 is 0 Å². The summed E-state index contributed by atoms with van der Waals surface area (Å²) < 4.78 is 8.00. The van der Waals surface area contributed by atoms with Crippen LogP contribution in [0.25, 0.3) is 0 Å². The summed E-state index contributed by atoms with van der Waals surface area (Å²) in [6.45, 7) is 0. The molecule has 0 atom stereocenters. The average Bonchev–Trinajstić information content (AvgIpc) is 2.19. The lowest BCUT2D eigenvalue weighted by atomic mass is 11.0. The van der Waals surface area contributed by atoms with E-state index in [0.717, 1.165) is 17.1 Å². The molecule has 0 aromatic carbocycles. The predicted molar refractivity (Wildman–Crippen MR) is 35.8 cm³/mol. The van der Waals surface area contributed by atoms with Crippen LogP contribution in [0.5, 0.6) is 0 Å². The molecule has 8 heavy (non-hydrogen) atoms. The third kappa shape index (κ3) is 1.62. The van der Waals surface area contributed by atoms with Crippen molar-refractivity contribution in [1.29, 1.82) is 0 Å². The first kappa shape index (κ1) is 6.34. The zero-order valence-electron chi connectivity index (χ0n) is 3.64. The smallest absolute Gasteiger partial charge is 0.160 e. The van der Waals surface area contributed by atoms with Gasteiger partial charge in [0.1, 0.15) is 0 Å². The number of nitrogens with zero attached hydrogens (tertiary/aromatic N) is 2. The minimum absolute atomic E-state index is 0.741. The minimum Gasteiger partial charge on any atom is -0.244 e. The molecule has 1 aromatic heterocycles. The van der Waals surface area contributed by atoms with Gasteiger partial charge in [-0.05, 0) is 24.4 Å². The standard InChI is InChI=1S/C2H2N2OS3/c6-5-8-2-1-7-4-3-2/h1,6H. The second-order valence-corrected chi connectivity index (χ2v) is 2.69. The Hall–Kier alpha value is 0.220. The maximum absolute atomic E-state index is 4.40. The molecule has 3 nitrogen and oxygen atoms in total. The largest absolute Gasteiger partial charge is 0.244 e. The Bertz CT molecular complexity index is 141. The topological polar surface area (TPSA) is 35.0 Å². The van der Waals surface area contributed by atoms with Crippen molar-refractivity contribution in [2.24, 2.45) is 0 Å². The summed E-state index contributed by atoms with van der Waals surface area (Å²) in [5, 5.41) is 6.18. The van der Waals surface area contributed by atoms with Crippen LogP contribution >= 0.6 is 36.5 Å². The van der Waals surface area contributed by atoms with E-state index in [0.29, 0.717) is 0 Å². The third-order valence-electron chi connectivity index (χ3n) is 0.463. The summed E-state index contributed by atoms with van der Waals surface area (Å²) in [5.41, 5.74) is 0. The van der Waals surface area contributed by atoms with E-state index in [1.54, 1.807) is 5.38 Å². The van der Waals surface area contributed by atoms with Crippen LogP contribution in [-0.2, 0) is 3.63 Å². The highest BCUT2D eigenvalue weighted by Gasteiger charge is 1.93. The summed E-state index contributed by atoms with van der Waals surface area (Å²) in [5.74, 6) is 0. The molecule has 0 saturated carbocycles. The Morgan fingerprint density at radius 2 is 2.75 bits per heavy atom. The highest BCUT2D eigenvalue weighted by atomic mass is 32.2. The van der Waals surface area contributed by atoms with Gasteiger partial charge in [-0.15, -0.1) is 5.10 Å². The van der Waals surface area contributed by atoms with Gasteiger partial charge in [-0.1, -0.05) is 4.49 Å². The summed E-state index contributed by atoms with van der Waals surface area (Å²) in [6, 6.07) is 0. The number of rotatable bonds is 2. The molecule has 0 saturated heterocycles. The molecule has 0 aliphatic carbocycles. The van der Waals surface area contributed by atoms with Gasteiger partial charge < -0.3 is 0 Å². The predicted octanol–water partition coefficient (Wildman–Crippen LogP) is 1.41. The van der Waals surface area contributed by atoms with E-state index in [-0.39, 0.29) is 0 Å². The Morgan fingerprint density at radius 3 is 3.25 bits per heavy atom. The Balaban J connectivity index is 2.50. The summed E-state index contributed by atoms with van der Waals surface area (Å²) >= 11 is 5.87. The summed E-state index contributed by atoms with van der Waals surface area (Å²) in [7, 11) is 0. The molecule has 0 fully saturated rings. The van der Waals surface area contributed by atoms with Crippen molar-refractivity contribution in [1.82, 2.24) is 9.59 Å². The van der Waals surface area contributed by atoms with Gasteiger partial charge in [0.2, 0.25) is 0 Å².